The monoisotopic (exact) mass is 572 g/mol. The van der Waals surface area contributed by atoms with Crippen molar-refractivity contribution in [2.24, 2.45) is 0 Å². The molecule has 0 aromatic carbocycles. The molecular weight excluding hydrogens is 541 g/mol. The van der Waals surface area contributed by atoms with Crippen molar-refractivity contribution < 1.29 is 37.3 Å². The molecule has 0 bridgehead atoms. The first kappa shape index (κ1) is 30.5. The highest BCUT2D eigenvalue weighted by Crippen LogP contribution is 2.41. The number of alkyl carbamates (subject to hydrolysis) is 1. The minimum absolute atomic E-state index is 0.0682. The predicted octanol–water partition coefficient (Wildman–Crippen LogP) is 5.34. The molecule has 0 radical (unpaired) electrons. The van der Waals surface area contributed by atoms with Crippen molar-refractivity contribution in [2.45, 2.75) is 83.4 Å². The molecule has 0 spiro atoms. The molecule has 0 fully saturated rings. The van der Waals surface area contributed by atoms with Crippen LogP contribution in [-0.4, -0.2) is 57.1 Å². The van der Waals surface area contributed by atoms with Crippen LogP contribution in [-0.2, 0) is 19.9 Å². The van der Waals surface area contributed by atoms with Crippen molar-refractivity contribution in [1.29, 1.82) is 0 Å². The molecule has 2 N–H and O–H groups in total. The van der Waals surface area contributed by atoms with E-state index in [1.165, 1.54) is 12.3 Å². The van der Waals surface area contributed by atoms with E-state index in [0.717, 1.165) is 17.8 Å². The lowest BCUT2D eigenvalue weighted by Crippen LogP contribution is -2.46. The number of aromatic nitrogens is 1. The summed E-state index contributed by atoms with van der Waals surface area (Å²) in [4.78, 5) is 28.4. The number of nitrogens with zero attached hydrogens (tertiary/aromatic N) is 1. The summed E-state index contributed by atoms with van der Waals surface area (Å²) in [5.41, 5.74) is -5.18. The Morgan fingerprint density at radius 3 is 2.15 bits per heavy atom. The van der Waals surface area contributed by atoms with Gasteiger partial charge in [-0.25, -0.2) is 9.59 Å². The van der Waals surface area contributed by atoms with Crippen molar-refractivity contribution in [2.75, 3.05) is 11.5 Å². The van der Waals surface area contributed by atoms with Gasteiger partial charge in [0.15, 0.2) is 0 Å². The molecule has 2 atom stereocenters. The van der Waals surface area contributed by atoms with Gasteiger partial charge in [0.25, 0.3) is 0 Å². The number of amides is 1. The average Bonchev–Trinajstić information content (AvgIpc) is 2.63. The van der Waals surface area contributed by atoms with E-state index in [9.17, 15) is 27.9 Å². The highest BCUT2D eigenvalue weighted by Gasteiger charge is 2.55. The van der Waals surface area contributed by atoms with Gasteiger partial charge in [-0.1, -0.05) is 0 Å². The van der Waals surface area contributed by atoms with E-state index in [0.29, 0.717) is 4.47 Å². The van der Waals surface area contributed by atoms with Gasteiger partial charge in [-0.3, -0.25) is 4.98 Å². The molecule has 0 saturated carbocycles. The highest BCUT2D eigenvalue weighted by atomic mass is 79.9. The molecule has 1 aromatic rings. The molecule has 1 rings (SSSR count). The zero-order chi connectivity index (χ0) is 26.4. The number of aliphatic hydroxyl groups is 1. The number of carbonyl (C=O) groups excluding carboxylic acids is 2. The number of thioether (sulfide) groups is 1. The van der Waals surface area contributed by atoms with Crippen LogP contribution in [0.3, 0.4) is 0 Å². The van der Waals surface area contributed by atoms with Crippen LogP contribution < -0.4 is 5.32 Å². The largest absolute Gasteiger partial charge is 0.458 e. The molecule has 0 aliphatic carbocycles. The van der Waals surface area contributed by atoms with E-state index in [4.69, 9.17) is 9.47 Å². The number of nitrogens with one attached hydrogen (secondary N) is 1. The smallest absolute Gasteiger partial charge is 0.423 e. The zero-order valence-electron chi connectivity index (χ0n) is 20.1. The first-order valence-corrected chi connectivity index (χ1v) is 12.5. The van der Waals surface area contributed by atoms with E-state index in [2.05, 4.69) is 26.2 Å². The Hall–Kier alpha value is -1.53. The minimum Gasteiger partial charge on any atom is -0.458 e. The number of alkyl halides is 3. The van der Waals surface area contributed by atoms with Crippen LogP contribution in [0.4, 0.5) is 18.0 Å². The summed E-state index contributed by atoms with van der Waals surface area (Å²) in [6.45, 7) is 10.1. The first-order valence-electron chi connectivity index (χ1n) is 10.6. The number of halogens is 4. The van der Waals surface area contributed by atoms with Gasteiger partial charge in [-0.2, -0.15) is 24.9 Å². The number of rotatable bonds is 9. The summed E-state index contributed by atoms with van der Waals surface area (Å²) in [5.74, 6) is -0.521. The van der Waals surface area contributed by atoms with Crippen LogP contribution in [0.2, 0.25) is 0 Å². The number of carbonyl (C=O) groups is 2. The van der Waals surface area contributed by atoms with Gasteiger partial charge in [0.1, 0.15) is 17.2 Å². The second-order valence-electron chi connectivity index (χ2n) is 9.60. The van der Waals surface area contributed by atoms with Gasteiger partial charge in [-0.15, -0.1) is 0 Å². The normalized spacial score (nSPS) is 15.3. The standard InChI is InChI=1S/C22H32BrF3N2O5S/c1-19(2,3)32-17(29)15(28-18(30)33-20(4,5)6)9-11-34-12-10-21(31,22(24,25)26)16-8-7-14(23)13-27-16/h7-8,13,15,31H,9-12H2,1-6H3,(H,28,30)/t15-,21?/m0/s1. The second kappa shape index (κ2) is 11.9. The maximum Gasteiger partial charge on any atom is 0.423 e. The molecule has 7 nitrogen and oxygen atoms in total. The van der Waals surface area contributed by atoms with E-state index in [-0.39, 0.29) is 17.9 Å². The van der Waals surface area contributed by atoms with Crippen LogP contribution in [0.15, 0.2) is 22.8 Å². The predicted molar refractivity (Wildman–Crippen MR) is 127 cm³/mol. The number of hydrogen-bond donors (Lipinski definition) is 2. The molecule has 0 aliphatic heterocycles. The van der Waals surface area contributed by atoms with Gasteiger partial charge in [0.2, 0.25) is 5.60 Å². The quantitative estimate of drug-likeness (QED) is 0.304. The fraction of sp³-hybridized carbons (Fsp3) is 0.682. The van der Waals surface area contributed by atoms with E-state index >= 15 is 0 Å². The third-order valence-corrected chi connectivity index (χ3v) is 5.65. The third kappa shape index (κ3) is 10.4. The molecule has 34 heavy (non-hydrogen) atoms. The summed E-state index contributed by atoms with van der Waals surface area (Å²) < 4.78 is 51.9. The Morgan fingerprint density at radius 2 is 1.68 bits per heavy atom. The average molecular weight is 573 g/mol. The van der Waals surface area contributed by atoms with E-state index in [1.807, 2.05) is 0 Å². The summed E-state index contributed by atoms with van der Waals surface area (Å²) in [7, 11) is 0. The first-order chi connectivity index (χ1) is 15.3. The van der Waals surface area contributed by atoms with Gasteiger partial charge in [-0.05, 0) is 94.0 Å². The van der Waals surface area contributed by atoms with Crippen molar-refractivity contribution in [3.63, 3.8) is 0 Å². The van der Waals surface area contributed by atoms with Crippen LogP contribution in [0.5, 0.6) is 0 Å². The molecule has 194 valence electrons. The SMILES string of the molecule is CC(C)(C)OC(=O)N[C@@H](CCSCCC(O)(c1ccc(Br)cn1)C(F)(F)F)C(=O)OC(C)(C)C. The van der Waals surface area contributed by atoms with Crippen LogP contribution in [0.25, 0.3) is 0 Å². The molecule has 12 heteroatoms. The van der Waals surface area contributed by atoms with Gasteiger partial charge < -0.3 is 19.9 Å². The van der Waals surface area contributed by atoms with Gasteiger partial charge >= 0.3 is 18.2 Å². The lowest BCUT2D eigenvalue weighted by molar-refractivity contribution is -0.268. The van der Waals surface area contributed by atoms with Crippen molar-refractivity contribution in [1.82, 2.24) is 10.3 Å². The topological polar surface area (TPSA) is 97.8 Å². The summed E-state index contributed by atoms with van der Waals surface area (Å²) in [6, 6.07) is 1.45. The Bertz CT molecular complexity index is 826. The maximum absolute atomic E-state index is 13.6. The molecule has 0 saturated heterocycles. The van der Waals surface area contributed by atoms with Crippen molar-refractivity contribution in [3.05, 3.63) is 28.5 Å². The fourth-order valence-electron chi connectivity index (χ4n) is 2.63. The lowest BCUT2D eigenvalue weighted by Gasteiger charge is -2.30. The Balaban J connectivity index is 2.78. The number of hydrogen-bond acceptors (Lipinski definition) is 7. The molecule has 1 heterocycles. The van der Waals surface area contributed by atoms with Crippen LogP contribution in [0.1, 0.15) is 60.1 Å². The van der Waals surface area contributed by atoms with Crippen molar-refractivity contribution >= 4 is 39.8 Å². The molecular formula is C22H32BrF3N2O5S. The molecule has 1 unspecified atom stereocenters. The van der Waals surface area contributed by atoms with Gasteiger partial charge in [0, 0.05) is 10.7 Å². The Kier molecular flexibility index (Phi) is 10.7. The molecule has 0 aliphatic rings. The fourth-order valence-corrected chi connectivity index (χ4v) is 3.91. The summed E-state index contributed by atoms with van der Waals surface area (Å²) in [5, 5.41) is 12.9. The van der Waals surface area contributed by atoms with Crippen LogP contribution in [0, 0.1) is 0 Å². The lowest BCUT2D eigenvalue weighted by atomic mass is 9.95. The summed E-state index contributed by atoms with van der Waals surface area (Å²) in [6.07, 6.45) is -5.08. The minimum atomic E-state index is -4.92. The summed E-state index contributed by atoms with van der Waals surface area (Å²) >= 11 is 4.21. The second-order valence-corrected chi connectivity index (χ2v) is 11.7. The third-order valence-electron chi connectivity index (χ3n) is 4.16. The molecule has 1 aromatic heterocycles. The highest BCUT2D eigenvalue weighted by molar-refractivity contribution is 9.10. The molecule has 1 amide bonds. The Labute approximate surface area is 210 Å². The number of esters is 1. The van der Waals surface area contributed by atoms with Gasteiger partial charge in [0.05, 0.1) is 5.69 Å². The van der Waals surface area contributed by atoms with Crippen molar-refractivity contribution in [3.8, 4) is 0 Å². The maximum atomic E-state index is 13.6. The number of pyridine rings is 1. The number of ether oxygens (including phenoxy) is 2. The van der Waals surface area contributed by atoms with E-state index in [1.54, 1.807) is 41.5 Å². The van der Waals surface area contributed by atoms with Crippen LogP contribution >= 0.6 is 27.7 Å². The zero-order valence-corrected chi connectivity index (χ0v) is 22.5. The van der Waals surface area contributed by atoms with E-state index < -0.39 is 53.2 Å². The Morgan fingerprint density at radius 1 is 1.09 bits per heavy atom.